The van der Waals surface area contributed by atoms with Crippen LogP contribution in [0.5, 0.6) is 11.6 Å². The van der Waals surface area contributed by atoms with E-state index in [-0.39, 0.29) is 17.6 Å². The van der Waals surface area contributed by atoms with E-state index in [1.54, 1.807) is 30.7 Å². The molecule has 0 atom stereocenters. The van der Waals surface area contributed by atoms with E-state index in [9.17, 15) is 22.0 Å². The molecule has 14 heteroatoms. The molecule has 0 saturated carbocycles. The molecule has 0 spiro atoms. The summed E-state index contributed by atoms with van der Waals surface area (Å²) in [5.41, 5.74) is 1.16. The van der Waals surface area contributed by atoms with Crippen molar-refractivity contribution < 1.29 is 36.6 Å². The van der Waals surface area contributed by atoms with Crippen LogP contribution in [0.4, 0.5) is 33.6 Å². The standard InChI is InChI=1S/C17H10BrF2N5O.C2HF3O2/c18-11-8-22-15-14(11)16(26-13-4-3-9(19)6-12(13)20)25-17(24-15)23-10-2-1-5-21-7-10;3-2(4,5)1(6)7/h1-8H,(H2,22,23,24,25);(H,6,7). The Hall–Kier alpha value is -3.81. The molecular weight excluding hydrogens is 521 g/mol. The Morgan fingerprint density at radius 3 is 2.52 bits per heavy atom. The number of fused-ring (bicyclic) bond motifs is 1. The second-order valence-corrected chi connectivity index (χ2v) is 6.91. The SMILES string of the molecule is Fc1ccc(Oc2nc(Nc3cccnc3)nc3[nH]cc(Br)c23)c(F)c1.O=C(O)C(F)(F)F. The summed E-state index contributed by atoms with van der Waals surface area (Å²) >= 11 is 3.38. The van der Waals surface area contributed by atoms with Gasteiger partial charge in [-0.15, -0.1) is 0 Å². The van der Waals surface area contributed by atoms with Gasteiger partial charge in [0.1, 0.15) is 11.5 Å². The van der Waals surface area contributed by atoms with Crippen LogP contribution in [0.15, 0.2) is 53.4 Å². The predicted octanol–water partition coefficient (Wildman–Crippen LogP) is 5.56. The van der Waals surface area contributed by atoms with Crippen molar-refractivity contribution in [1.82, 2.24) is 19.9 Å². The van der Waals surface area contributed by atoms with Gasteiger partial charge in [-0.3, -0.25) is 4.98 Å². The first kappa shape index (κ1) is 23.8. The van der Waals surface area contributed by atoms with Gasteiger partial charge >= 0.3 is 12.1 Å². The summed E-state index contributed by atoms with van der Waals surface area (Å²) in [6.07, 6.45) is -0.164. The van der Waals surface area contributed by atoms with Gasteiger partial charge in [-0.25, -0.2) is 13.6 Å². The molecule has 0 aliphatic heterocycles. The van der Waals surface area contributed by atoms with Crippen LogP contribution in [-0.4, -0.2) is 37.2 Å². The lowest BCUT2D eigenvalue weighted by molar-refractivity contribution is -0.192. The molecular formula is C19H11BrF5N5O3. The van der Waals surface area contributed by atoms with Gasteiger partial charge in [-0.05, 0) is 40.2 Å². The molecule has 4 aromatic rings. The van der Waals surface area contributed by atoms with Crippen LogP contribution in [0.1, 0.15) is 0 Å². The number of nitrogens with zero attached hydrogens (tertiary/aromatic N) is 3. The Balaban J connectivity index is 0.000000383. The molecule has 4 rings (SSSR count). The summed E-state index contributed by atoms with van der Waals surface area (Å²) in [5.74, 6) is -4.08. The molecule has 0 unspecified atom stereocenters. The number of ether oxygens (including phenoxy) is 1. The van der Waals surface area contributed by atoms with Gasteiger partial charge < -0.3 is 20.1 Å². The minimum atomic E-state index is -5.08. The number of aromatic amines is 1. The van der Waals surface area contributed by atoms with Crippen molar-refractivity contribution >= 4 is 44.6 Å². The molecule has 172 valence electrons. The van der Waals surface area contributed by atoms with Crippen LogP contribution < -0.4 is 10.1 Å². The first-order valence-electron chi connectivity index (χ1n) is 8.69. The number of alkyl halides is 3. The molecule has 0 fully saturated rings. The highest BCUT2D eigenvalue weighted by atomic mass is 79.9. The van der Waals surface area contributed by atoms with Crippen molar-refractivity contribution in [2.45, 2.75) is 6.18 Å². The molecule has 0 amide bonds. The molecule has 1 aromatic carbocycles. The summed E-state index contributed by atoms with van der Waals surface area (Å²) < 4.78 is 65.1. The molecule has 3 heterocycles. The number of benzene rings is 1. The van der Waals surface area contributed by atoms with E-state index in [2.05, 4.69) is 41.2 Å². The first-order chi connectivity index (χ1) is 15.5. The number of hydrogen-bond acceptors (Lipinski definition) is 6. The van der Waals surface area contributed by atoms with Crippen LogP contribution in [0, 0.1) is 11.6 Å². The van der Waals surface area contributed by atoms with Gasteiger partial charge in [0.05, 0.1) is 17.3 Å². The van der Waals surface area contributed by atoms with Gasteiger partial charge in [0, 0.05) is 22.9 Å². The smallest absolute Gasteiger partial charge is 0.475 e. The van der Waals surface area contributed by atoms with E-state index in [1.807, 2.05) is 0 Å². The molecule has 3 aromatic heterocycles. The largest absolute Gasteiger partial charge is 0.490 e. The summed E-state index contributed by atoms with van der Waals surface area (Å²) in [5, 5.41) is 10.7. The molecule has 8 nitrogen and oxygen atoms in total. The van der Waals surface area contributed by atoms with E-state index < -0.39 is 23.8 Å². The van der Waals surface area contributed by atoms with Gasteiger partial charge in [-0.1, -0.05) is 0 Å². The minimum absolute atomic E-state index is 0.111. The van der Waals surface area contributed by atoms with Gasteiger partial charge in [-0.2, -0.15) is 23.1 Å². The second kappa shape index (κ2) is 9.77. The second-order valence-electron chi connectivity index (χ2n) is 6.06. The third-order valence-corrected chi connectivity index (χ3v) is 4.34. The number of carbonyl (C=O) groups is 1. The van der Waals surface area contributed by atoms with E-state index in [4.69, 9.17) is 14.6 Å². The fourth-order valence-corrected chi connectivity index (χ4v) is 2.79. The van der Waals surface area contributed by atoms with E-state index in [0.29, 0.717) is 21.2 Å². The normalized spacial score (nSPS) is 11.0. The summed E-state index contributed by atoms with van der Waals surface area (Å²) in [7, 11) is 0. The zero-order valence-corrected chi connectivity index (χ0v) is 17.6. The number of carboxylic acid groups (broad SMARTS) is 1. The van der Waals surface area contributed by atoms with E-state index >= 15 is 0 Å². The third kappa shape index (κ3) is 6.12. The molecule has 0 aliphatic carbocycles. The molecule has 0 saturated heterocycles. The van der Waals surface area contributed by atoms with E-state index in [1.165, 1.54) is 6.07 Å². The van der Waals surface area contributed by atoms with Crippen LogP contribution in [0.2, 0.25) is 0 Å². The van der Waals surface area contributed by atoms with Crippen LogP contribution in [0.25, 0.3) is 11.0 Å². The van der Waals surface area contributed by atoms with Gasteiger partial charge in [0.2, 0.25) is 11.8 Å². The predicted molar refractivity (Wildman–Crippen MR) is 109 cm³/mol. The Morgan fingerprint density at radius 1 is 1.18 bits per heavy atom. The maximum absolute atomic E-state index is 14.0. The Bertz CT molecular complexity index is 1280. The Labute approximate surface area is 189 Å². The lowest BCUT2D eigenvalue weighted by atomic mass is 10.3. The number of carboxylic acids is 1. The highest BCUT2D eigenvalue weighted by Gasteiger charge is 2.38. The topological polar surface area (TPSA) is 113 Å². The molecule has 0 bridgehead atoms. The number of aromatic nitrogens is 4. The van der Waals surface area contributed by atoms with Crippen LogP contribution >= 0.6 is 15.9 Å². The maximum Gasteiger partial charge on any atom is 0.490 e. The van der Waals surface area contributed by atoms with Crippen LogP contribution in [-0.2, 0) is 4.79 Å². The van der Waals surface area contributed by atoms with Crippen LogP contribution in [0.3, 0.4) is 0 Å². The number of anilines is 2. The fourth-order valence-electron chi connectivity index (χ4n) is 2.32. The summed E-state index contributed by atoms with van der Waals surface area (Å²) in [6, 6.07) is 6.61. The van der Waals surface area contributed by atoms with Crippen molar-refractivity contribution in [3.8, 4) is 11.6 Å². The summed E-state index contributed by atoms with van der Waals surface area (Å²) in [4.78, 5) is 24.5. The third-order valence-electron chi connectivity index (χ3n) is 3.71. The van der Waals surface area contributed by atoms with Crippen molar-refractivity contribution in [1.29, 1.82) is 0 Å². The number of aliphatic carboxylic acids is 1. The number of rotatable bonds is 4. The number of nitrogens with one attached hydrogen (secondary N) is 2. The molecule has 3 N–H and O–H groups in total. The van der Waals surface area contributed by atoms with Gasteiger partial charge in [0.25, 0.3) is 0 Å². The lowest BCUT2D eigenvalue weighted by Gasteiger charge is -2.10. The number of pyridine rings is 1. The maximum atomic E-state index is 14.0. The highest BCUT2D eigenvalue weighted by molar-refractivity contribution is 9.10. The monoisotopic (exact) mass is 531 g/mol. The number of hydrogen-bond donors (Lipinski definition) is 3. The zero-order valence-electron chi connectivity index (χ0n) is 16.0. The van der Waals surface area contributed by atoms with Gasteiger partial charge in [0.15, 0.2) is 11.6 Å². The Morgan fingerprint density at radius 2 is 1.91 bits per heavy atom. The average Bonchev–Trinajstić information content (AvgIpc) is 3.11. The average molecular weight is 532 g/mol. The van der Waals surface area contributed by atoms with Crippen molar-refractivity contribution in [3.63, 3.8) is 0 Å². The number of halogens is 6. The summed E-state index contributed by atoms with van der Waals surface area (Å²) in [6.45, 7) is 0. The quantitative estimate of drug-likeness (QED) is 0.295. The van der Waals surface area contributed by atoms with E-state index in [0.717, 1.165) is 12.1 Å². The number of H-pyrrole nitrogens is 1. The van der Waals surface area contributed by atoms with Crippen molar-refractivity contribution in [2.75, 3.05) is 5.32 Å². The lowest BCUT2D eigenvalue weighted by Crippen LogP contribution is -2.21. The highest BCUT2D eigenvalue weighted by Crippen LogP contribution is 2.35. The minimum Gasteiger partial charge on any atom is -0.475 e. The first-order valence-corrected chi connectivity index (χ1v) is 9.48. The Kier molecular flexibility index (Phi) is 7.06. The fraction of sp³-hybridized carbons (Fsp3) is 0.0526. The van der Waals surface area contributed by atoms with Crippen molar-refractivity contribution in [3.05, 3.63) is 65.0 Å². The molecule has 0 radical (unpaired) electrons. The molecule has 33 heavy (non-hydrogen) atoms. The zero-order chi connectivity index (χ0) is 24.2. The molecule has 0 aliphatic rings. The van der Waals surface area contributed by atoms with Crippen molar-refractivity contribution in [2.24, 2.45) is 0 Å².